The molecule has 0 saturated carbocycles. The third kappa shape index (κ3) is 2.57. The van der Waals surface area contributed by atoms with Gasteiger partial charge in [-0.05, 0) is 47.9 Å². The fraction of sp³-hybridized carbons (Fsp3) is 0.133. The Bertz CT molecular complexity index is 635. The fourth-order valence-corrected chi connectivity index (χ4v) is 1.89. The largest absolute Gasteiger partial charge is 0.497 e. The van der Waals surface area contributed by atoms with Crippen LogP contribution in [0.4, 0.5) is 4.39 Å². The van der Waals surface area contributed by atoms with E-state index in [1.807, 2.05) is 0 Å². The molecular weight excluding hydrogens is 247 g/mol. The second-order valence-electron chi connectivity index (χ2n) is 4.18. The molecule has 19 heavy (non-hydrogen) atoms. The van der Waals surface area contributed by atoms with Crippen molar-refractivity contribution in [1.82, 2.24) is 0 Å². The van der Waals surface area contributed by atoms with Gasteiger partial charge in [-0.2, -0.15) is 0 Å². The molecule has 2 aromatic rings. The number of aryl methyl sites for hydroxylation is 1. The first kappa shape index (κ1) is 13.1. The summed E-state index contributed by atoms with van der Waals surface area (Å²) >= 11 is 0. The summed E-state index contributed by atoms with van der Waals surface area (Å²) in [5.41, 5.74) is 1.33. The number of benzene rings is 2. The molecule has 2 aromatic carbocycles. The number of carbonyl (C=O) groups is 1. The van der Waals surface area contributed by atoms with Gasteiger partial charge in [0.25, 0.3) is 0 Å². The van der Waals surface area contributed by atoms with Crippen molar-refractivity contribution in [3.8, 4) is 16.9 Å². The van der Waals surface area contributed by atoms with Crippen molar-refractivity contribution < 1.29 is 19.0 Å². The van der Waals surface area contributed by atoms with Gasteiger partial charge < -0.3 is 9.84 Å². The van der Waals surface area contributed by atoms with Crippen LogP contribution in [0.2, 0.25) is 0 Å². The SMILES string of the molecule is COc1cccc(-c2cc(F)c(C)cc2C(=O)O)c1. The number of rotatable bonds is 3. The van der Waals surface area contributed by atoms with Crippen LogP contribution in [0.25, 0.3) is 11.1 Å². The van der Waals surface area contributed by atoms with Crippen LogP contribution in [-0.2, 0) is 0 Å². The van der Waals surface area contributed by atoms with Crippen LogP contribution in [0.5, 0.6) is 5.75 Å². The summed E-state index contributed by atoms with van der Waals surface area (Å²) in [7, 11) is 1.52. The maximum absolute atomic E-state index is 13.7. The molecule has 0 spiro atoms. The molecule has 0 aliphatic carbocycles. The zero-order valence-corrected chi connectivity index (χ0v) is 10.6. The van der Waals surface area contributed by atoms with Crippen LogP contribution in [0.1, 0.15) is 15.9 Å². The molecule has 3 nitrogen and oxygen atoms in total. The predicted molar refractivity (Wildman–Crippen MR) is 70.1 cm³/mol. The summed E-state index contributed by atoms with van der Waals surface area (Å²) in [6.07, 6.45) is 0. The van der Waals surface area contributed by atoms with Crippen molar-refractivity contribution in [3.63, 3.8) is 0 Å². The topological polar surface area (TPSA) is 46.5 Å². The Morgan fingerprint density at radius 1 is 1.26 bits per heavy atom. The van der Waals surface area contributed by atoms with E-state index in [0.717, 1.165) is 0 Å². The molecule has 0 bridgehead atoms. The lowest BCUT2D eigenvalue weighted by Crippen LogP contribution is -2.02. The molecule has 0 aromatic heterocycles. The van der Waals surface area contributed by atoms with Crippen LogP contribution in [0, 0.1) is 12.7 Å². The summed E-state index contributed by atoms with van der Waals surface area (Å²) in [4.78, 5) is 11.3. The molecule has 2 rings (SSSR count). The van der Waals surface area contributed by atoms with Crippen molar-refractivity contribution >= 4 is 5.97 Å². The Labute approximate surface area is 110 Å². The third-order valence-corrected chi connectivity index (χ3v) is 2.91. The number of methoxy groups -OCH3 is 1. The lowest BCUT2D eigenvalue weighted by Gasteiger charge is -2.10. The van der Waals surface area contributed by atoms with Gasteiger partial charge in [0.05, 0.1) is 12.7 Å². The van der Waals surface area contributed by atoms with Crippen LogP contribution < -0.4 is 4.74 Å². The lowest BCUT2D eigenvalue weighted by molar-refractivity contribution is 0.0697. The van der Waals surface area contributed by atoms with Crippen LogP contribution in [0.3, 0.4) is 0 Å². The molecular formula is C15H13FO3. The molecule has 0 radical (unpaired) electrons. The van der Waals surface area contributed by atoms with E-state index in [1.165, 1.54) is 26.2 Å². The third-order valence-electron chi connectivity index (χ3n) is 2.91. The summed E-state index contributed by atoms with van der Waals surface area (Å²) < 4.78 is 18.8. The quantitative estimate of drug-likeness (QED) is 0.918. The lowest BCUT2D eigenvalue weighted by atomic mass is 9.97. The normalized spacial score (nSPS) is 10.3. The van der Waals surface area contributed by atoms with E-state index in [4.69, 9.17) is 4.74 Å². The first-order valence-corrected chi connectivity index (χ1v) is 5.71. The maximum atomic E-state index is 13.7. The molecule has 0 heterocycles. The summed E-state index contributed by atoms with van der Waals surface area (Å²) in [6, 6.07) is 9.46. The average molecular weight is 260 g/mol. The summed E-state index contributed by atoms with van der Waals surface area (Å²) in [6.45, 7) is 1.54. The van der Waals surface area contributed by atoms with Gasteiger partial charge in [0, 0.05) is 0 Å². The number of halogens is 1. The molecule has 0 aliphatic rings. The highest BCUT2D eigenvalue weighted by Gasteiger charge is 2.15. The van der Waals surface area contributed by atoms with E-state index in [9.17, 15) is 14.3 Å². The first-order chi connectivity index (χ1) is 9.02. The molecule has 0 saturated heterocycles. The van der Waals surface area contributed by atoms with Gasteiger partial charge in [0.2, 0.25) is 0 Å². The van der Waals surface area contributed by atoms with Crippen molar-refractivity contribution in [1.29, 1.82) is 0 Å². The second-order valence-corrected chi connectivity index (χ2v) is 4.18. The highest BCUT2D eigenvalue weighted by molar-refractivity contribution is 5.96. The number of carboxylic acid groups (broad SMARTS) is 1. The van der Waals surface area contributed by atoms with Gasteiger partial charge in [0.15, 0.2) is 0 Å². The fourth-order valence-electron chi connectivity index (χ4n) is 1.89. The van der Waals surface area contributed by atoms with Gasteiger partial charge in [-0.25, -0.2) is 9.18 Å². The van der Waals surface area contributed by atoms with Crippen molar-refractivity contribution in [2.75, 3.05) is 7.11 Å². The van der Waals surface area contributed by atoms with Crippen LogP contribution in [-0.4, -0.2) is 18.2 Å². The van der Waals surface area contributed by atoms with E-state index < -0.39 is 11.8 Å². The zero-order chi connectivity index (χ0) is 14.0. The maximum Gasteiger partial charge on any atom is 0.336 e. The number of carboxylic acids is 1. The predicted octanol–water partition coefficient (Wildman–Crippen LogP) is 3.51. The van der Waals surface area contributed by atoms with Crippen LogP contribution in [0.15, 0.2) is 36.4 Å². The molecule has 0 atom stereocenters. The molecule has 0 unspecified atom stereocenters. The van der Waals surface area contributed by atoms with E-state index in [-0.39, 0.29) is 5.56 Å². The molecule has 98 valence electrons. The molecule has 0 aliphatic heterocycles. The summed E-state index contributed by atoms with van der Waals surface area (Å²) in [5, 5.41) is 9.22. The monoisotopic (exact) mass is 260 g/mol. The Balaban J connectivity index is 2.66. The average Bonchev–Trinajstić information content (AvgIpc) is 2.41. The molecule has 4 heteroatoms. The highest BCUT2D eigenvalue weighted by Crippen LogP contribution is 2.29. The summed E-state index contributed by atoms with van der Waals surface area (Å²) in [5.74, 6) is -0.918. The van der Waals surface area contributed by atoms with E-state index in [1.54, 1.807) is 24.3 Å². The standard InChI is InChI=1S/C15H13FO3/c1-9-6-13(15(17)18)12(8-14(9)16)10-4-3-5-11(7-10)19-2/h3-8H,1-2H3,(H,17,18). The smallest absolute Gasteiger partial charge is 0.336 e. The Kier molecular flexibility index (Phi) is 3.51. The molecule has 0 amide bonds. The van der Waals surface area contributed by atoms with Crippen molar-refractivity contribution in [2.24, 2.45) is 0 Å². The zero-order valence-electron chi connectivity index (χ0n) is 10.6. The van der Waals surface area contributed by atoms with Crippen molar-refractivity contribution in [3.05, 3.63) is 53.3 Å². The minimum Gasteiger partial charge on any atom is -0.497 e. The highest BCUT2D eigenvalue weighted by atomic mass is 19.1. The number of hydrogen-bond acceptors (Lipinski definition) is 2. The van der Waals surface area contributed by atoms with Gasteiger partial charge in [-0.1, -0.05) is 12.1 Å². The van der Waals surface area contributed by atoms with E-state index >= 15 is 0 Å². The van der Waals surface area contributed by atoms with E-state index in [0.29, 0.717) is 22.4 Å². The van der Waals surface area contributed by atoms with Gasteiger partial charge >= 0.3 is 5.97 Å². The van der Waals surface area contributed by atoms with Gasteiger partial charge in [0.1, 0.15) is 11.6 Å². The minimum absolute atomic E-state index is 0.0761. The Morgan fingerprint density at radius 2 is 2.00 bits per heavy atom. The second kappa shape index (κ2) is 5.10. The minimum atomic E-state index is -1.08. The van der Waals surface area contributed by atoms with Crippen LogP contribution >= 0.6 is 0 Å². The number of hydrogen-bond donors (Lipinski definition) is 1. The van der Waals surface area contributed by atoms with Gasteiger partial charge in [-0.15, -0.1) is 0 Å². The van der Waals surface area contributed by atoms with E-state index in [2.05, 4.69) is 0 Å². The molecule has 1 N–H and O–H groups in total. The Morgan fingerprint density at radius 3 is 2.63 bits per heavy atom. The number of aromatic carboxylic acids is 1. The first-order valence-electron chi connectivity index (χ1n) is 5.71. The molecule has 0 fully saturated rings. The Hall–Kier alpha value is -2.36. The van der Waals surface area contributed by atoms with Gasteiger partial charge in [-0.3, -0.25) is 0 Å². The number of ether oxygens (including phenoxy) is 1. The van der Waals surface area contributed by atoms with Crippen molar-refractivity contribution in [2.45, 2.75) is 6.92 Å².